The summed E-state index contributed by atoms with van der Waals surface area (Å²) in [6.07, 6.45) is 1.37. The summed E-state index contributed by atoms with van der Waals surface area (Å²) in [5.74, 6) is -1.38. The van der Waals surface area contributed by atoms with Gasteiger partial charge in [-0.05, 0) is 50.5 Å². The maximum atomic E-state index is 12.8. The van der Waals surface area contributed by atoms with E-state index in [0.29, 0.717) is 25.1 Å². The molecule has 3 rings (SSSR count). The molecule has 0 aliphatic carbocycles. The molecule has 1 atom stereocenters. The zero-order chi connectivity index (χ0) is 18.0. The van der Waals surface area contributed by atoms with Crippen molar-refractivity contribution in [3.05, 3.63) is 52.8 Å². The van der Waals surface area contributed by atoms with Gasteiger partial charge in [0.2, 0.25) is 0 Å². The van der Waals surface area contributed by atoms with Crippen LogP contribution in [0.4, 0.5) is 0 Å². The standard InChI is InChI=1S/C19H23N3O3/c1-13-9-14(2)22(20-13)11-15-5-3-6-16(10-15)18(23)21-8-4-7-17(12-21)19(24)25/h3,5-6,9-10,17H,4,7-8,11-12H2,1-2H3,(H,24,25)/t17-/m1/s1. The molecule has 1 N–H and O–H groups in total. The first-order valence-corrected chi connectivity index (χ1v) is 8.56. The van der Waals surface area contributed by atoms with Gasteiger partial charge in [0.15, 0.2) is 0 Å². The summed E-state index contributed by atoms with van der Waals surface area (Å²) in [4.78, 5) is 25.6. The number of hydrogen-bond acceptors (Lipinski definition) is 3. The maximum Gasteiger partial charge on any atom is 0.308 e. The number of piperidine rings is 1. The number of aryl methyl sites for hydroxylation is 2. The molecule has 1 aliphatic rings. The molecule has 1 fully saturated rings. The molecule has 1 aliphatic heterocycles. The third kappa shape index (κ3) is 3.90. The second kappa shape index (κ2) is 7.09. The lowest BCUT2D eigenvalue weighted by Crippen LogP contribution is -2.42. The third-order valence-electron chi connectivity index (χ3n) is 4.67. The van der Waals surface area contributed by atoms with E-state index in [0.717, 1.165) is 23.4 Å². The van der Waals surface area contributed by atoms with Crippen molar-refractivity contribution < 1.29 is 14.7 Å². The predicted octanol–water partition coefficient (Wildman–Crippen LogP) is 2.49. The molecule has 132 valence electrons. The SMILES string of the molecule is Cc1cc(C)n(Cc2cccc(C(=O)N3CCC[C@@H](C(=O)O)C3)c2)n1. The molecule has 1 aromatic heterocycles. The zero-order valence-electron chi connectivity index (χ0n) is 14.6. The fraction of sp³-hybridized carbons (Fsp3) is 0.421. The van der Waals surface area contributed by atoms with Crippen molar-refractivity contribution in [3.63, 3.8) is 0 Å². The van der Waals surface area contributed by atoms with Crippen LogP contribution in [0, 0.1) is 19.8 Å². The van der Waals surface area contributed by atoms with E-state index in [-0.39, 0.29) is 12.5 Å². The molecule has 0 saturated carbocycles. The lowest BCUT2D eigenvalue weighted by molar-refractivity contribution is -0.143. The topological polar surface area (TPSA) is 75.4 Å². The van der Waals surface area contributed by atoms with Gasteiger partial charge in [0.1, 0.15) is 0 Å². The van der Waals surface area contributed by atoms with Gasteiger partial charge in [0, 0.05) is 24.3 Å². The molecule has 1 saturated heterocycles. The van der Waals surface area contributed by atoms with Crippen molar-refractivity contribution >= 4 is 11.9 Å². The maximum absolute atomic E-state index is 12.8. The zero-order valence-corrected chi connectivity index (χ0v) is 14.6. The van der Waals surface area contributed by atoms with E-state index in [4.69, 9.17) is 0 Å². The number of rotatable bonds is 4. The van der Waals surface area contributed by atoms with Crippen LogP contribution in [0.2, 0.25) is 0 Å². The van der Waals surface area contributed by atoms with Crippen LogP contribution < -0.4 is 0 Å². The molecule has 0 unspecified atom stereocenters. The van der Waals surface area contributed by atoms with Crippen molar-refractivity contribution in [3.8, 4) is 0 Å². The Labute approximate surface area is 147 Å². The second-order valence-corrected chi connectivity index (χ2v) is 6.71. The summed E-state index contributed by atoms with van der Waals surface area (Å²) in [5, 5.41) is 13.7. The first-order chi connectivity index (χ1) is 11.9. The summed E-state index contributed by atoms with van der Waals surface area (Å²) in [6.45, 7) is 5.48. The van der Waals surface area contributed by atoms with Crippen LogP contribution in [-0.2, 0) is 11.3 Å². The van der Waals surface area contributed by atoms with Gasteiger partial charge in [-0.1, -0.05) is 12.1 Å². The number of carbonyl (C=O) groups excluding carboxylic acids is 1. The van der Waals surface area contributed by atoms with E-state index in [2.05, 4.69) is 5.10 Å². The molecule has 25 heavy (non-hydrogen) atoms. The van der Waals surface area contributed by atoms with Crippen LogP contribution in [0.15, 0.2) is 30.3 Å². The van der Waals surface area contributed by atoms with Gasteiger partial charge in [0.25, 0.3) is 5.91 Å². The molecule has 0 spiro atoms. The van der Waals surface area contributed by atoms with Crippen molar-refractivity contribution in [2.45, 2.75) is 33.2 Å². The number of carboxylic acids is 1. The Morgan fingerprint density at radius 2 is 2.08 bits per heavy atom. The quantitative estimate of drug-likeness (QED) is 0.927. The second-order valence-electron chi connectivity index (χ2n) is 6.71. The van der Waals surface area contributed by atoms with E-state index < -0.39 is 11.9 Å². The minimum Gasteiger partial charge on any atom is -0.481 e. The number of carbonyl (C=O) groups is 2. The largest absolute Gasteiger partial charge is 0.481 e. The lowest BCUT2D eigenvalue weighted by atomic mass is 9.97. The van der Waals surface area contributed by atoms with Crippen molar-refractivity contribution in [1.29, 1.82) is 0 Å². The molecule has 1 aromatic carbocycles. The molecule has 0 bridgehead atoms. The Hall–Kier alpha value is -2.63. The van der Waals surface area contributed by atoms with Gasteiger partial charge in [-0.3, -0.25) is 14.3 Å². The Morgan fingerprint density at radius 3 is 2.76 bits per heavy atom. The molecule has 0 radical (unpaired) electrons. The van der Waals surface area contributed by atoms with Crippen molar-refractivity contribution in [2.24, 2.45) is 5.92 Å². The molecular formula is C19H23N3O3. The molecular weight excluding hydrogens is 318 g/mol. The normalized spacial score (nSPS) is 17.5. The summed E-state index contributed by atoms with van der Waals surface area (Å²) < 4.78 is 1.92. The first kappa shape index (κ1) is 17.2. The summed E-state index contributed by atoms with van der Waals surface area (Å²) in [7, 11) is 0. The Kier molecular flexibility index (Phi) is 4.88. The smallest absolute Gasteiger partial charge is 0.308 e. The van der Waals surface area contributed by atoms with Crippen LogP contribution in [0.25, 0.3) is 0 Å². The van der Waals surface area contributed by atoms with Crippen LogP contribution >= 0.6 is 0 Å². The minimum atomic E-state index is -0.823. The highest BCUT2D eigenvalue weighted by Gasteiger charge is 2.28. The average molecular weight is 341 g/mol. The number of nitrogens with zero attached hydrogens (tertiary/aromatic N) is 3. The van der Waals surface area contributed by atoms with E-state index in [9.17, 15) is 14.7 Å². The van der Waals surface area contributed by atoms with E-state index in [1.165, 1.54) is 0 Å². The highest BCUT2D eigenvalue weighted by molar-refractivity contribution is 5.94. The van der Waals surface area contributed by atoms with Gasteiger partial charge in [-0.15, -0.1) is 0 Å². The fourth-order valence-corrected chi connectivity index (χ4v) is 3.36. The Bertz CT molecular complexity index is 797. The number of amides is 1. The predicted molar refractivity (Wildman–Crippen MR) is 93.5 cm³/mol. The Balaban J connectivity index is 1.75. The van der Waals surface area contributed by atoms with E-state index in [1.54, 1.807) is 11.0 Å². The first-order valence-electron chi connectivity index (χ1n) is 8.56. The number of likely N-dealkylation sites (tertiary alicyclic amines) is 1. The monoisotopic (exact) mass is 341 g/mol. The van der Waals surface area contributed by atoms with Crippen LogP contribution in [-0.4, -0.2) is 44.8 Å². The molecule has 6 nitrogen and oxygen atoms in total. The van der Waals surface area contributed by atoms with Gasteiger partial charge >= 0.3 is 5.97 Å². The van der Waals surface area contributed by atoms with E-state index in [1.807, 2.05) is 42.8 Å². The number of aliphatic carboxylic acids is 1. The minimum absolute atomic E-state index is 0.0961. The van der Waals surface area contributed by atoms with Gasteiger partial charge in [-0.2, -0.15) is 5.10 Å². The van der Waals surface area contributed by atoms with Gasteiger partial charge in [-0.25, -0.2) is 0 Å². The lowest BCUT2D eigenvalue weighted by Gasteiger charge is -2.30. The fourth-order valence-electron chi connectivity index (χ4n) is 3.36. The Morgan fingerprint density at radius 1 is 1.28 bits per heavy atom. The van der Waals surface area contributed by atoms with Gasteiger partial charge < -0.3 is 10.0 Å². The van der Waals surface area contributed by atoms with Crippen LogP contribution in [0.5, 0.6) is 0 Å². The number of aromatic nitrogens is 2. The molecule has 2 heterocycles. The highest BCUT2D eigenvalue weighted by Crippen LogP contribution is 2.19. The van der Waals surface area contributed by atoms with Crippen molar-refractivity contribution in [2.75, 3.05) is 13.1 Å². The van der Waals surface area contributed by atoms with Crippen molar-refractivity contribution in [1.82, 2.24) is 14.7 Å². The third-order valence-corrected chi connectivity index (χ3v) is 4.67. The summed E-state index contributed by atoms with van der Waals surface area (Å²) in [6, 6.07) is 9.53. The highest BCUT2D eigenvalue weighted by atomic mass is 16.4. The average Bonchev–Trinajstić information content (AvgIpc) is 2.91. The number of benzene rings is 1. The van der Waals surface area contributed by atoms with E-state index >= 15 is 0 Å². The molecule has 1 amide bonds. The van der Waals surface area contributed by atoms with Gasteiger partial charge in [0.05, 0.1) is 18.2 Å². The summed E-state index contributed by atoms with van der Waals surface area (Å²) >= 11 is 0. The van der Waals surface area contributed by atoms with Crippen LogP contribution in [0.3, 0.4) is 0 Å². The summed E-state index contributed by atoms with van der Waals surface area (Å²) in [5.41, 5.74) is 3.65. The molecule has 2 aromatic rings. The van der Waals surface area contributed by atoms with Crippen LogP contribution in [0.1, 0.15) is 40.2 Å². The molecule has 6 heteroatoms. The number of hydrogen-bond donors (Lipinski definition) is 1. The number of carboxylic acid groups (broad SMARTS) is 1.